The number of hydrogen-bond acceptors (Lipinski definition) is 4. The third kappa shape index (κ3) is 3.47. The number of anilines is 2. The molecule has 5 heteroatoms. The van der Waals surface area contributed by atoms with E-state index in [2.05, 4.69) is 23.8 Å². The minimum absolute atomic E-state index is 0.0100. The number of benzene rings is 1. The van der Waals surface area contributed by atoms with Crippen LogP contribution in [0.3, 0.4) is 0 Å². The van der Waals surface area contributed by atoms with Gasteiger partial charge in [0, 0.05) is 38.8 Å². The molecule has 1 aromatic rings. The van der Waals surface area contributed by atoms with Gasteiger partial charge in [0.1, 0.15) is 0 Å². The number of carbonyl (C=O) groups excluding carboxylic acids is 1. The maximum absolute atomic E-state index is 12.2. The van der Waals surface area contributed by atoms with Crippen LogP contribution in [0, 0.1) is 0 Å². The van der Waals surface area contributed by atoms with Crippen LogP contribution in [-0.4, -0.2) is 62.5 Å². The third-order valence-corrected chi connectivity index (χ3v) is 4.04. The number of rotatable bonds is 2. The van der Waals surface area contributed by atoms with Gasteiger partial charge in [-0.15, -0.1) is 0 Å². The molecule has 0 bridgehead atoms. The zero-order chi connectivity index (χ0) is 15.6. The van der Waals surface area contributed by atoms with Gasteiger partial charge < -0.3 is 20.4 Å². The Hall–Kier alpha value is -1.75. The number of amides is 1. The molecule has 1 unspecified atom stereocenters. The normalized spacial score (nSPS) is 20.2. The predicted octanol–water partition coefficient (Wildman–Crippen LogP) is 1.50. The summed E-state index contributed by atoms with van der Waals surface area (Å²) in [5.41, 5.74) is 8.57. The first-order chi connectivity index (χ1) is 9.90. The first-order valence-corrected chi connectivity index (χ1v) is 7.46. The van der Waals surface area contributed by atoms with Gasteiger partial charge in [0.15, 0.2) is 0 Å². The quantitative estimate of drug-likeness (QED) is 0.839. The van der Waals surface area contributed by atoms with E-state index in [-0.39, 0.29) is 5.91 Å². The minimum atomic E-state index is 0.0100. The Morgan fingerprint density at radius 1 is 1.33 bits per heavy atom. The molecule has 5 nitrogen and oxygen atoms in total. The lowest BCUT2D eigenvalue weighted by molar-refractivity contribution is 0.0827. The van der Waals surface area contributed by atoms with E-state index in [0.29, 0.717) is 11.6 Å². The Morgan fingerprint density at radius 2 is 2.05 bits per heavy atom. The molecule has 0 aliphatic carbocycles. The van der Waals surface area contributed by atoms with Crippen LogP contribution in [0.1, 0.15) is 23.7 Å². The average Bonchev–Trinajstić information content (AvgIpc) is 2.59. The molecular weight excluding hydrogens is 264 g/mol. The van der Waals surface area contributed by atoms with E-state index in [4.69, 9.17) is 5.73 Å². The van der Waals surface area contributed by atoms with Gasteiger partial charge >= 0.3 is 0 Å². The number of nitrogens with zero attached hydrogens (tertiary/aromatic N) is 3. The fraction of sp³-hybridized carbons (Fsp3) is 0.562. The second-order valence-corrected chi connectivity index (χ2v) is 6.13. The Morgan fingerprint density at radius 3 is 2.71 bits per heavy atom. The van der Waals surface area contributed by atoms with Crippen molar-refractivity contribution in [1.82, 2.24) is 9.80 Å². The summed E-state index contributed by atoms with van der Waals surface area (Å²) in [4.78, 5) is 18.4. The van der Waals surface area contributed by atoms with Gasteiger partial charge in [0.05, 0.1) is 11.4 Å². The molecule has 21 heavy (non-hydrogen) atoms. The van der Waals surface area contributed by atoms with E-state index in [1.54, 1.807) is 25.1 Å². The van der Waals surface area contributed by atoms with E-state index >= 15 is 0 Å². The Bertz CT molecular complexity index is 515. The molecule has 2 rings (SSSR count). The molecule has 0 aromatic heterocycles. The van der Waals surface area contributed by atoms with E-state index in [0.717, 1.165) is 37.4 Å². The zero-order valence-electron chi connectivity index (χ0n) is 13.5. The van der Waals surface area contributed by atoms with Crippen LogP contribution < -0.4 is 10.6 Å². The van der Waals surface area contributed by atoms with Crippen LogP contribution in [0.2, 0.25) is 0 Å². The fourth-order valence-corrected chi connectivity index (χ4v) is 2.91. The number of nitrogen functional groups attached to an aromatic ring is 1. The molecule has 1 heterocycles. The van der Waals surface area contributed by atoms with Crippen molar-refractivity contribution < 1.29 is 4.79 Å². The van der Waals surface area contributed by atoms with Crippen molar-refractivity contribution in [2.45, 2.75) is 19.4 Å². The van der Waals surface area contributed by atoms with E-state index < -0.39 is 0 Å². The van der Waals surface area contributed by atoms with Gasteiger partial charge in [-0.2, -0.15) is 0 Å². The molecule has 0 spiro atoms. The summed E-state index contributed by atoms with van der Waals surface area (Å²) in [7, 11) is 5.68. The van der Waals surface area contributed by atoms with Crippen LogP contribution >= 0.6 is 0 Å². The topological polar surface area (TPSA) is 52.8 Å². The second kappa shape index (κ2) is 6.35. The Labute approximate surface area is 127 Å². The lowest BCUT2D eigenvalue weighted by Gasteiger charge is -2.31. The number of carbonyl (C=O) groups is 1. The van der Waals surface area contributed by atoms with Crippen molar-refractivity contribution >= 4 is 17.3 Å². The maximum Gasteiger partial charge on any atom is 0.253 e. The second-order valence-electron chi connectivity index (χ2n) is 6.13. The average molecular weight is 290 g/mol. The van der Waals surface area contributed by atoms with Gasteiger partial charge in [0.25, 0.3) is 5.91 Å². The van der Waals surface area contributed by atoms with Gasteiger partial charge in [-0.3, -0.25) is 4.79 Å². The summed E-state index contributed by atoms with van der Waals surface area (Å²) in [6, 6.07) is 5.95. The summed E-state index contributed by atoms with van der Waals surface area (Å²) in [6.45, 7) is 5.28. The van der Waals surface area contributed by atoms with Gasteiger partial charge in [-0.05, 0) is 45.1 Å². The molecule has 1 amide bonds. The van der Waals surface area contributed by atoms with Gasteiger partial charge in [0.2, 0.25) is 0 Å². The molecule has 1 atom stereocenters. The van der Waals surface area contributed by atoms with Crippen LogP contribution in [0.5, 0.6) is 0 Å². The first-order valence-electron chi connectivity index (χ1n) is 7.46. The molecule has 116 valence electrons. The van der Waals surface area contributed by atoms with Crippen LogP contribution in [0.25, 0.3) is 0 Å². The van der Waals surface area contributed by atoms with Crippen LogP contribution in [0.4, 0.5) is 11.4 Å². The lowest BCUT2D eigenvalue weighted by atomic mass is 10.1. The highest BCUT2D eigenvalue weighted by atomic mass is 16.2. The summed E-state index contributed by atoms with van der Waals surface area (Å²) in [5.74, 6) is 0.0100. The molecular formula is C16H26N4O. The van der Waals surface area contributed by atoms with Crippen molar-refractivity contribution in [3.8, 4) is 0 Å². The molecule has 1 aromatic carbocycles. The smallest absolute Gasteiger partial charge is 0.253 e. The van der Waals surface area contributed by atoms with E-state index in [9.17, 15) is 4.79 Å². The number of nitrogens with two attached hydrogens (primary N) is 1. The minimum Gasteiger partial charge on any atom is -0.397 e. The Balaban J connectivity index is 2.33. The monoisotopic (exact) mass is 290 g/mol. The molecule has 1 aliphatic rings. The van der Waals surface area contributed by atoms with Gasteiger partial charge in [-0.25, -0.2) is 0 Å². The van der Waals surface area contributed by atoms with E-state index in [1.165, 1.54) is 0 Å². The van der Waals surface area contributed by atoms with Crippen molar-refractivity contribution in [2.24, 2.45) is 0 Å². The SMILES string of the molecule is CC1CN(C)CCCN1c1cc(C(=O)N(C)C)ccc1N. The van der Waals surface area contributed by atoms with E-state index in [1.807, 2.05) is 12.1 Å². The fourth-order valence-electron chi connectivity index (χ4n) is 2.91. The third-order valence-electron chi connectivity index (χ3n) is 4.04. The molecule has 1 aliphatic heterocycles. The summed E-state index contributed by atoms with van der Waals surface area (Å²) >= 11 is 0. The molecule has 1 saturated heterocycles. The number of likely N-dealkylation sites (N-methyl/N-ethyl adjacent to an activating group) is 1. The van der Waals surface area contributed by atoms with Crippen molar-refractivity contribution in [2.75, 3.05) is 51.4 Å². The summed E-state index contributed by atoms with van der Waals surface area (Å²) < 4.78 is 0. The highest BCUT2D eigenvalue weighted by Gasteiger charge is 2.22. The standard InChI is InChI=1S/C16H26N4O/c1-12-11-19(4)8-5-9-20(12)15-10-13(6-7-14(15)17)16(21)18(2)3/h6-7,10,12H,5,8-9,11,17H2,1-4H3. The first kappa shape index (κ1) is 15.6. The highest BCUT2D eigenvalue weighted by Crippen LogP contribution is 2.28. The predicted molar refractivity (Wildman–Crippen MR) is 87.8 cm³/mol. The molecule has 2 N–H and O–H groups in total. The number of hydrogen-bond donors (Lipinski definition) is 1. The largest absolute Gasteiger partial charge is 0.397 e. The highest BCUT2D eigenvalue weighted by molar-refractivity contribution is 5.96. The van der Waals surface area contributed by atoms with Crippen molar-refractivity contribution in [3.63, 3.8) is 0 Å². The summed E-state index contributed by atoms with van der Waals surface area (Å²) in [5, 5.41) is 0. The van der Waals surface area contributed by atoms with Crippen molar-refractivity contribution in [3.05, 3.63) is 23.8 Å². The zero-order valence-corrected chi connectivity index (χ0v) is 13.5. The van der Waals surface area contributed by atoms with Crippen LogP contribution in [-0.2, 0) is 0 Å². The molecule has 0 radical (unpaired) electrons. The lowest BCUT2D eigenvalue weighted by Crippen LogP contribution is -2.38. The maximum atomic E-state index is 12.2. The summed E-state index contributed by atoms with van der Waals surface area (Å²) in [6.07, 6.45) is 1.10. The molecule has 0 saturated carbocycles. The van der Waals surface area contributed by atoms with Gasteiger partial charge in [-0.1, -0.05) is 0 Å². The molecule has 1 fully saturated rings. The van der Waals surface area contributed by atoms with Crippen LogP contribution in [0.15, 0.2) is 18.2 Å². The Kier molecular flexibility index (Phi) is 4.73. The van der Waals surface area contributed by atoms with Crippen molar-refractivity contribution in [1.29, 1.82) is 0 Å².